The molecule has 0 aliphatic carbocycles. The number of hydrogen-bond donors (Lipinski definition) is 2. The van der Waals surface area contributed by atoms with E-state index in [1.165, 1.54) is 0 Å². The summed E-state index contributed by atoms with van der Waals surface area (Å²) in [6.45, 7) is 7.59. The minimum Gasteiger partial charge on any atom is -0.338 e. The Balaban J connectivity index is 3.76. The predicted molar refractivity (Wildman–Crippen MR) is 59.5 cm³/mol. The zero-order valence-electron chi connectivity index (χ0n) is 9.98. The van der Waals surface area contributed by atoms with Crippen LogP contribution in [0.1, 0.15) is 27.2 Å². The molecule has 0 heterocycles. The van der Waals surface area contributed by atoms with Gasteiger partial charge >= 0.3 is 6.03 Å². The molecule has 4 heteroatoms. The van der Waals surface area contributed by atoms with Gasteiger partial charge < -0.3 is 15.5 Å². The lowest BCUT2D eigenvalue weighted by Gasteiger charge is -2.32. The van der Waals surface area contributed by atoms with Gasteiger partial charge in [0.1, 0.15) is 0 Å². The van der Waals surface area contributed by atoms with Crippen LogP contribution in [0, 0.1) is 0 Å². The van der Waals surface area contributed by atoms with Gasteiger partial charge in [-0.15, -0.1) is 0 Å². The SMILES string of the molecule is CCCNC(=O)NCC(C)(C)N(C)C. The van der Waals surface area contributed by atoms with E-state index in [4.69, 9.17) is 0 Å². The minimum absolute atomic E-state index is 0.0104. The summed E-state index contributed by atoms with van der Waals surface area (Å²) in [5.74, 6) is 0. The van der Waals surface area contributed by atoms with Crippen molar-refractivity contribution < 1.29 is 4.79 Å². The summed E-state index contributed by atoms with van der Waals surface area (Å²) >= 11 is 0. The maximum absolute atomic E-state index is 11.2. The highest BCUT2D eigenvalue weighted by atomic mass is 16.2. The maximum atomic E-state index is 11.2. The monoisotopic (exact) mass is 201 g/mol. The van der Waals surface area contributed by atoms with Gasteiger partial charge in [0, 0.05) is 18.6 Å². The molecule has 2 N–H and O–H groups in total. The van der Waals surface area contributed by atoms with E-state index >= 15 is 0 Å². The highest BCUT2D eigenvalue weighted by Gasteiger charge is 2.20. The molecule has 0 atom stereocenters. The Morgan fingerprint density at radius 3 is 2.29 bits per heavy atom. The molecule has 0 aromatic heterocycles. The Morgan fingerprint density at radius 2 is 1.86 bits per heavy atom. The molecule has 84 valence electrons. The Morgan fingerprint density at radius 1 is 1.29 bits per heavy atom. The molecule has 0 radical (unpaired) electrons. The van der Waals surface area contributed by atoms with Gasteiger partial charge in [0.15, 0.2) is 0 Å². The van der Waals surface area contributed by atoms with E-state index < -0.39 is 0 Å². The van der Waals surface area contributed by atoms with Crippen molar-refractivity contribution in [3.05, 3.63) is 0 Å². The summed E-state index contributed by atoms with van der Waals surface area (Å²) in [4.78, 5) is 13.3. The molecule has 0 saturated carbocycles. The molecule has 0 aromatic rings. The molecule has 2 amide bonds. The van der Waals surface area contributed by atoms with Crippen LogP contribution in [0.15, 0.2) is 0 Å². The lowest BCUT2D eigenvalue weighted by atomic mass is 10.1. The molecule has 0 unspecified atom stereocenters. The summed E-state index contributed by atoms with van der Waals surface area (Å²) in [6, 6.07) is -0.0817. The van der Waals surface area contributed by atoms with Crippen LogP contribution < -0.4 is 10.6 Å². The number of nitrogens with zero attached hydrogens (tertiary/aromatic N) is 1. The molecule has 0 aliphatic heterocycles. The van der Waals surface area contributed by atoms with E-state index in [1.54, 1.807) is 0 Å². The van der Waals surface area contributed by atoms with Crippen LogP contribution in [0.4, 0.5) is 4.79 Å². The molecule has 0 bridgehead atoms. The van der Waals surface area contributed by atoms with Gasteiger partial charge in [-0.05, 0) is 34.4 Å². The van der Waals surface area contributed by atoms with Crippen molar-refractivity contribution in [1.82, 2.24) is 15.5 Å². The van der Waals surface area contributed by atoms with Crippen molar-refractivity contribution in [2.24, 2.45) is 0 Å². The van der Waals surface area contributed by atoms with E-state index in [-0.39, 0.29) is 11.6 Å². The molecular formula is C10H23N3O. The fourth-order valence-corrected chi connectivity index (χ4v) is 0.756. The fraction of sp³-hybridized carbons (Fsp3) is 0.900. The van der Waals surface area contributed by atoms with Gasteiger partial charge in [-0.25, -0.2) is 4.79 Å². The average molecular weight is 201 g/mol. The third kappa shape index (κ3) is 5.07. The van der Waals surface area contributed by atoms with E-state index in [9.17, 15) is 4.79 Å². The van der Waals surface area contributed by atoms with Crippen molar-refractivity contribution >= 4 is 6.03 Å². The minimum atomic E-state index is -0.0817. The number of urea groups is 1. The highest BCUT2D eigenvalue weighted by molar-refractivity contribution is 5.73. The largest absolute Gasteiger partial charge is 0.338 e. The van der Waals surface area contributed by atoms with Crippen LogP contribution in [0.2, 0.25) is 0 Å². The van der Waals surface area contributed by atoms with E-state index in [0.29, 0.717) is 6.54 Å². The molecule has 0 saturated heterocycles. The normalized spacial score (nSPS) is 11.6. The van der Waals surface area contributed by atoms with E-state index in [2.05, 4.69) is 29.4 Å². The molecule has 0 aliphatic rings. The molecular weight excluding hydrogens is 178 g/mol. The first kappa shape index (κ1) is 13.2. The first-order valence-corrected chi connectivity index (χ1v) is 5.09. The summed E-state index contributed by atoms with van der Waals surface area (Å²) in [5.41, 5.74) is -0.0104. The fourth-order valence-electron chi connectivity index (χ4n) is 0.756. The molecule has 14 heavy (non-hydrogen) atoms. The number of nitrogens with one attached hydrogen (secondary N) is 2. The Kier molecular flexibility index (Phi) is 5.53. The summed E-state index contributed by atoms with van der Waals surface area (Å²) in [5, 5.41) is 5.62. The Hall–Kier alpha value is -0.770. The number of carbonyl (C=O) groups is 1. The smallest absolute Gasteiger partial charge is 0.314 e. The highest BCUT2D eigenvalue weighted by Crippen LogP contribution is 2.07. The first-order valence-electron chi connectivity index (χ1n) is 5.09. The van der Waals surface area contributed by atoms with Crippen molar-refractivity contribution in [1.29, 1.82) is 0 Å². The van der Waals surface area contributed by atoms with E-state index in [1.807, 2.05) is 21.0 Å². The molecule has 0 spiro atoms. The zero-order chi connectivity index (χ0) is 11.2. The lowest BCUT2D eigenvalue weighted by Crippen LogP contribution is -2.50. The average Bonchev–Trinajstić information content (AvgIpc) is 2.11. The quantitative estimate of drug-likeness (QED) is 0.698. The topological polar surface area (TPSA) is 44.4 Å². The standard InChI is InChI=1S/C10H23N3O/c1-6-7-11-9(14)12-8-10(2,3)13(4)5/h6-8H2,1-5H3,(H2,11,12,14). The number of likely N-dealkylation sites (N-methyl/N-ethyl adjacent to an activating group) is 1. The lowest BCUT2D eigenvalue weighted by molar-refractivity contribution is 0.186. The number of rotatable bonds is 5. The van der Waals surface area contributed by atoms with Crippen molar-refractivity contribution in [2.45, 2.75) is 32.7 Å². The summed E-state index contributed by atoms with van der Waals surface area (Å²) < 4.78 is 0. The van der Waals surface area contributed by atoms with Crippen LogP contribution >= 0.6 is 0 Å². The molecule has 0 fully saturated rings. The Labute approximate surface area is 87.0 Å². The van der Waals surface area contributed by atoms with Crippen molar-refractivity contribution in [3.8, 4) is 0 Å². The second-order valence-electron chi connectivity index (χ2n) is 4.32. The molecule has 0 aromatic carbocycles. The van der Waals surface area contributed by atoms with Crippen LogP contribution in [0.25, 0.3) is 0 Å². The van der Waals surface area contributed by atoms with Gasteiger partial charge in [0.25, 0.3) is 0 Å². The second-order valence-corrected chi connectivity index (χ2v) is 4.32. The van der Waals surface area contributed by atoms with Crippen LogP contribution in [-0.4, -0.2) is 43.7 Å². The first-order chi connectivity index (χ1) is 6.40. The number of carbonyl (C=O) groups excluding carboxylic acids is 1. The Bertz CT molecular complexity index is 178. The van der Waals surface area contributed by atoms with Crippen LogP contribution in [0.3, 0.4) is 0 Å². The number of hydrogen-bond acceptors (Lipinski definition) is 2. The van der Waals surface area contributed by atoms with Gasteiger partial charge in [0.2, 0.25) is 0 Å². The molecule has 4 nitrogen and oxygen atoms in total. The van der Waals surface area contributed by atoms with E-state index in [0.717, 1.165) is 13.0 Å². The van der Waals surface area contributed by atoms with Gasteiger partial charge in [-0.2, -0.15) is 0 Å². The second kappa shape index (κ2) is 5.86. The summed E-state index contributed by atoms with van der Waals surface area (Å²) in [7, 11) is 4.01. The van der Waals surface area contributed by atoms with Crippen LogP contribution in [0.5, 0.6) is 0 Å². The van der Waals surface area contributed by atoms with Crippen LogP contribution in [-0.2, 0) is 0 Å². The predicted octanol–water partition coefficient (Wildman–Crippen LogP) is 1.04. The zero-order valence-corrected chi connectivity index (χ0v) is 9.98. The van der Waals surface area contributed by atoms with Gasteiger partial charge in [0.05, 0.1) is 0 Å². The van der Waals surface area contributed by atoms with Gasteiger partial charge in [-0.3, -0.25) is 0 Å². The summed E-state index contributed by atoms with van der Waals surface area (Å²) in [6.07, 6.45) is 0.963. The van der Waals surface area contributed by atoms with Gasteiger partial charge in [-0.1, -0.05) is 6.92 Å². The number of amides is 2. The van der Waals surface area contributed by atoms with Crippen molar-refractivity contribution in [3.63, 3.8) is 0 Å². The maximum Gasteiger partial charge on any atom is 0.314 e. The third-order valence-corrected chi connectivity index (χ3v) is 2.43. The third-order valence-electron chi connectivity index (χ3n) is 2.43. The van der Waals surface area contributed by atoms with Crippen molar-refractivity contribution in [2.75, 3.05) is 27.2 Å². The molecule has 0 rings (SSSR count).